The Morgan fingerprint density at radius 2 is 2.00 bits per heavy atom. The van der Waals surface area contributed by atoms with Crippen LogP contribution in [0.1, 0.15) is 12.0 Å². The number of aromatic nitrogens is 3. The van der Waals surface area contributed by atoms with Gasteiger partial charge in [-0.05, 0) is 36.2 Å². The molecule has 3 heterocycles. The topological polar surface area (TPSA) is 81.3 Å². The van der Waals surface area contributed by atoms with E-state index in [-0.39, 0.29) is 17.7 Å². The molecule has 0 radical (unpaired) electrons. The molecule has 0 spiro atoms. The summed E-state index contributed by atoms with van der Waals surface area (Å²) in [4.78, 5) is 12.7. The Kier molecular flexibility index (Phi) is 5.28. The minimum atomic E-state index is -0.287. The molecule has 158 valence electrons. The molecule has 7 heteroatoms. The van der Waals surface area contributed by atoms with Gasteiger partial charge in [0.2, 0.25) is 0 Å². The normalized spacial score (nSPS) is 18.5. The predicted octanol–water partition coefficient (Wildman–Crippen LogP) is 2.49. The van der Waals surface area contributed by atoms with Gasteiger partial charge in [-0.3, -0.25) is 14.0 Å². The number of ether oxygens (including phenoxy) is 1. The fraction of sp³-hybridized carbons (Fsp3) is 0.250. The van der Waals surface area contributed by atoms with E-state index in [9.17, 15) is 9.90 Å². The predicted molar refractivity (Wildman–Crippen MR) is 119 cm³/mol. The zero-order valence-corrected chi connectivity index (χ0v) is 17.0. The first-order valence-corrected chi connectivity index (χ1v) is 10.4. The SMILES string of the molecule is O=c1cc(OCc2ccccc2)ccn1-c1ccc2c(cnn2C[C@H]2CC(O)CN2)c1. The van der Waals surface area contributed by atoms with Gasteiger partial charge in [-0.15, -0.1) is 0 Å². The molecule has 2 aromatic heterocycles. The maximum Gasteiger partial charge on any atom is 0.258 e. The molecular weight excluding hydrogens is 392 g/mol. The number of aliphatic hydroxyl groups is 1. The molecule has 0 aliphatic carbocycles. The summed E-state index contributed by atoms with van der Waals surface area (Å²) in [6, 6.07) is 19.2. The number of hydrogen-bond donors (Lipinski definition) is 2. The van der Waals surface area contributed by atoms with E-state index in [4.69, 9.17) is 4.74 Å². The zero-order chi connectivity index (χ0) is 21.2. The molecule has 2 aromatic carbocycles. The number of benzene rings is 2. The largest absolute Gasteiger partial charge is 0.489 e. The summed E-state index contributed by atoms with van der Waals surface area (Å²) >= 11 is 0. The van der Waals surface area contributed by atoms with Crippen molar-refractivity contribution >= 4 is 10.9 Å². The molecule has 1 saturated heterocycles. The average Bonchev–Trinajstić information content (AvgIpc) is 3.38. The second kappa shape index (κ2) is 8.37. The van der Waals surface area contributed by atoms with Crippen LogP contribution in [0.25, 0.3) is 16.6 Å². The van der Waals surface area contributed by atoms with E-state index in [1.165, 1.54) is 6.07 Å². The fourth-order valence-corrected chi connectivity index (χ4v) is 4.02. The van der Waals surface area contributed by atoms with Crippen LogP contribution in [0, 0.1) is 0 Å². The Balaban J connectivity index is 1.33. The Labute approximate surface area is 179 Å². The van der Waals surface area contributed by atoms with Crippen LogP contribution >= 0.6 is 0 Å². The number of nitrogens with one attached hydrogen (secondary N) is 1. The van der Waals surface area contributed by atoms with Crippen LogP contribution in [-0.4, -0.2) is 38.1 Å². The highest BCUT2D eigenvalue weighted by Crippen LogP contribution is 2.20. The van der Waals surface area contributed by atoms with E-state index >= 15 is 0 Å². The number of nitrogens with zero attached hydrogens (tertiary/aromatic N) is 3. The number of β-amino-alcohol motifs (C(OH)–C–C–N with tert-alkyl or cyclic N) is 1. The summed E-state index contributed by atoms with van der Waals surface area (Å²) in [7, 11) is 0. The molecule has 1 unspecified atom stereocenters. The smallest absolute Gasteiger partial charge is 0.258 e. The van der Waals surface area contributed by atoms with E-state index in [2.05, 4.69) is 10.4 Å². The van der Waals surface area contributed by atoms with Gasteiger partial charge in [0.15, 0.2) is 0 Å². The monoisotopic (exact) mass is 416 g/mol. The van der Waals surface area contributed by atoms with E-state index in [0.29, 0.717) is 25.4 Å². The van der Waals surface area contributed by atoms with Gasteiger partial charge in [0.1, 0.15) is 12.4 Å². The van der Waals surface area contributed by atoms with Crippen molar-refractivity contribution in [3.05, 3.63) is 89.0 Å². The summed E-state index contributed by atoms with van der Waals surface area (Å²) in [5.74, 6) is 0.547. The summed E-state index contributed by atoms with van der Waals surface area (Å²) in [5, 5.41) is 18.5. The average molecular weight is 416 g/mol. The van der Waals surface area contributed by atoms with Crippen molar-refractivity contribution in [3.8, 4) is 11.4 Å². The van der Waals surface area contributed by atoms with Crippen LogP contribution in [0.5, 0.6) is 5.75 Å². The highest BCUT2D eigenvalue weighted by Gasteiger charge is 2.23. The van der Waals surface area contributed by atoms with E-state index in [0.717, 1.165) is 28.6 Å². The summed E-state index contributed by atoms with van der Waals surface area (Å²) < 4.78 is 9.30. The molecule has 0 saturated carbocycles. The van der Waals surface area contributed by atoms with Gasteiger partial charge in [0.25, 0.3) is 5.56 Å². The number of hydrogen-bond acceptors (Lipinski definition) is 5. The van der Waals surface area contributed by atoms with Gasteiger partial charge in [-0.1, -0.05) is 30.3 Å². The Hall–Kier alpha value is -3.42. The van der Waals surface area contributed by atoms with Crippen LogP contribution in [0.15, 0.2) is 77.9 Å². The molecule has 2 atom stereocenters. The summed E-state index contributed by atoms with van der Waals surface area (Å²) in [6.45, 7) is 1.75. The summed E-state index contributed by atoms with van der Waals surface area (Å²) in [6.07, 6.45) is 3.99. The lowest BCUT2D eigenvalue weighted by molar-refractivity contribution is 0.192. The van der Waals surface area contributed by atoms with Crippen molar-refractivity contribution < 1.29 is 9.84 Å². The maximum atomic E-state index is 12.7. The van der Waals surface area contributed by atoms with Gasteiger partial charge in [-0.2, -0.15) is 5.10 Å². The van der Waals surface area contributed by atoms with Crippen LogP contribution < -0.4 is 15.6 Å². The van der Waals surface area contributed by atoms with Gasteiger partial charge in [0, 0.05) is 35.9 Å². The van der Waals surface area contributed by atoms with Crippen molar-refractivity contribution in [1.29, 1.82) is 0 Å². The van der Waals surface area contributed by atoms with Gasteiger partial charge >= 0.3 is 0 Å². The highest BCUT2D eigenvalue weighted by atomic mass is 16.5. The van der Waals surface area contributed by atoms with Crippen LogP contribution in [-0.2, 0) is 13.2 Å². The Bertz CT molecular complexity index is 1250. The lowest BCUT2D eigenvalue weighted by Gasteiger charge is -2.12. The van der Waals surface area contributed by atoms with Gasteiger partial charge in [-0.25, -0.2) is 0 Å². The Morgan fingerprint density at radius 3 is 2.77 bits per heavy atom. The number of rotatable bonds is 6. The Morgan fingerprint density at radius 1 is 1.13 bits per heavy atom. The molecule has 1 fully saturated rings. The van der Waals surface area contributed by atoms with Gasteiger partial charge < -0.3 is 15.2 Å². The van der Waals surface area contributed by atoms with Crippen molar-refractivity contribution in [3.63, 3.8) is 0 Å². The number of aliphatic hydroxyl groups excluding tert-OH is 1. The lowest BCUT2D eigenvalue weighted by atomic mass is 10.2. The van der Waals surface area contributed by atoms with E-state index < -0.39 is 0 Å². The molecule has 0 amide bonds. The number of pyridine rings is 1. The van der Waals surface area contributed by atoms with E-state index in [1.54, 1.807) is 16.8 Å². The molecule has 2 N–H and O–H groups in total. The second-order valence-corrected chi connectivity index (χ2v) is 7.91. The van der Waals surface area contributed by atoms with Crippen molar-refractivity contribution in [2.45, 2.75) is 31.7 Å². The molecular formula is C24H24N4O3. The highest BCUT2D eigenvalue weighted by molar-refractivity contribution is 5.81. The fourth-order valence-electron chi connectivity index (χ4n) is 4.02. The quantitative estimate of drug-likeness (QED) is 0.505. The summed E-state index contributed by atoms with van der Waals surface area (Å²) in [5.41, 5.74) is 2.68. The molecule has 4 aromatic rings. The third kappa shape index (κ3) is 4.23. The standard InChI is InChI=1S/C24H24N4O3/c29-21-11-19(25-14-21)15-28-23-7-6-20(10-18(23)13-26-28)27-9-8-22(12-24(27)30)31-16-17-4-2-1-3-5-17/h1-10,12-13,19,21,25,29H,11,14-16H2/t19-,21?/m1/s1. The lowest BCUT2D eigenvalue weighted by Crippen LogP contribution is -2.27. The first kappa shape index (κ1) is 19.5. The number of fused-ring (bicyclic) bond motifs is 1. The second-order valence-electron chi connectivity index (χ2n) is 7.91. The molecule has 1 aliphatic rings. The molecule has 0 bridgehead atoms. The zero-order valence-electron chi connectivity index (χ0n) is 17.0. The first-order chi connectivity index (χ1) is 15.2. The molecule has 5 rings (SSSR count). The van der Waals surface area contributed by atoms with Gasteiger partial charge in [0.05, 0.1) is 24.4 Å². The molecule has 1 aliphatic heterocycles. The van der Waals surface area contributed by atoms with Crippen LogP contribution in [0.2, 0.25) is 0 Å². The first-order valence-electron chi connectivity index (χ1n) is 10.4. The van der Waals surface area contributed by atoms with Crippen molar-refractivity contribution in [1.82, 2.24) is 19.7 Å². The van der Waals surface area contributed by atoms with Crippen molar-refractivity contribution in [2.75, 3.05) is 6.54 Å². The van der Waals surface area contributed by atoms with Crippen LogP contribution in [0.4, 0.5) is 0 Å². The van der Waals surface area contributed by atoms with E-state index in [1.807, 2.05) is 59.4 Å². The minimum Gasteiger partial charge on any atom is -0.489 e. The molecule has 7 nitrogen and oxygen atoms in total. The van der Waals surface area contributed by atoms with Crippen LogP contribution in [0.3, 0.4) is 0 Å². The third-order valence-corrected chi connectivity index (χ3v) is 5.64. The maximum absolute atomic E-state index is 12.7. The molecule has 31 heavy (non-hydrogen) atoms. The third-order valence-electron chi connectivity index (χ3n) is 5.64. The van der Waals surface area contributed by atoms with Crippen molar-refractivity contribution in [2.24, 2.45) is 0 Å². The minimum absolute atomic E-state index is 0.151.